The number of rotatable bonds is 4. The summed E-state index contributed by atoms with van der Waals surface area (Å²) in [6.45, 7) is 0.0325. The number of nitrogens with one attached hydrogen (secondary N) is 1. The van der Waals surface area contributed by atoms with E-state index in [1.165, 1.54) is 18.2 Å². The molecule has 3 heterocycles. The number of hydrogen-bond donors (Lipinski definition) is 1. The van der Waals surface area contributed by atoms with Crippen LogP contribution in [0.25, 0.3) is 16.9 Å². The molecule has 0 atom stereocenters. The Morgan fingerprint density at radius 3 is 2.88 bits per heavy atom. The van der Waals surface area contributed by atoms with Crippen molar-refractivity contribution in [3.05, 3.63) is 69.4 Å². The van der Waals surface area contributed by atoms with Gasteiger partial charge in [-0.15, -0.1) is 10.2 Å². The zero-order chi connectivity index (χ0) is 18.1. The van der Waals surface area contributed by atoms with Crippen LogP contribution < -0.4 is 5.32 Å². The smallest absolute Gasteiger partial charge is 0.256 e. The lowest BCUT2D eigenvalue weighted by molar-refractivity contribution is 0.0946. The summed E-state index contributed by atoms with van der Waals surface area (Å²) in [7, 11) is 0. The lowest BCUT2D eigenvalue weighted by Gasteiger charge is -2.07. The molecule has 4 aromatic rings. The lowest BCUT2D eigenvalue weighted by Crippen LogP contribution is -2.25. The predicted octanol–water partition coefficient (Wildman–Crippen LogP) is 3.58. The number of halogens is 2. The number of amides is 1. The van der Waals surface area contributed by atoms with Gasteiger partial charge in [-0.25, -0.2) is 4.39 Å². The Bertz CT molecular complexity index is 1080. The van der Waals surface area contributed by atoms with Gasteiger partial charge in [0.1, 0.15) is 5.82 Å². The SMILES string of the molecule is O=C(NCc1nnc2ccc(-c3ccsc3)nn12)c1c(F)cccc1Cl. The van der Waals surface area contributed by atoms with E-state index in [-0.39, 0.29) is 17.1 Å². The van der Waals surface area contributed by atoms with Gasteiger partial charge in [0, 0.05) is 10.9 Å². The maximum Gasteiger partial charge on any atom is 0.256 e. The van der Waals surface area contributed by atoms with E-state index in [0.717, 1.165) is 11.3 Å². The third-order valence-electron chi connectivity index (χ3n) is 3.74. The molecule has 130 valence electrons. The lowest BCUT2D eigenvalue weighted by atomic mass is 10.2. The molecule has 6 nitrogen and oxygen atoms in total. The van der Waals surface area contributed by atoms with Crippen LogP contribution in [0.15, 0.2) is 47.2 Å². The van der Waals surface area contributed by atoms with Crippen molar-refractivity contribution in [3.63, 3.8) is 0 Å². The van der Waals surface area contributed by atoms with Crippen LogP contribution in [0.4, 0.5) is 4.39 Å². The van der Waals surface area contributed by atoms with Crippen LogP contribution >= 0.6 is 22.9 Å². The fourth-order valence-electron chi connectivity index (χ4n) is 2.47. The highest BCUT2D eigenvalue weighted by atomic mass is 35.5. The van der Waals surface area contributed by atoms with E-state index in [1.54, 1.807) is 21.9 Å². The molecular weight excluding hydrogens is 377 g/mol. The molecule has 1 aromatic carbocycles. The standard InChI is InChI=1S/C17H11ClFN5OS/c18-11-2-1-3-12(19)16(11)17(25)20-8-15-22-21-14-5-4-13(23-24(14)15)10-6-7-26-9-10/h1-7,9H,8H2,(H,20,25). The van der Waals surface area contributed by atoms with Crippen molar-refractivity contribution in [2.24, 2.45) is 0 Å². The van der Waals surface area contributed by atoms with Gasteiger partial charge in [-0.05, 0) is 35.7 Å². The van der Waals surface area contributed by atoms with Gasteiger partial charge in [0.25, 0.3) is 5.91 Å². The van der Waals surface area contributed by atoms with E-state index >= 15 is 0 Å². The summed E-state index contributed by atoms with van der Waals surface area (Å²) in [4.78, 5) is 12.3. The molecule has 0 saturated heterocycles. The van der Waals surface area contributed by atoms with Crippen LogP contribution in [-0.2, 0) is 6.54 Å². The molecule has 0 radical (unpaired) electrons. The van der Waals surface area contributed by atoms with Gasteiger partial charge in [-0.2, -0.15) is 21.0 Å². The highest BCUT2D eigenvalue weighted by Crippen LogP contribution is 2.21. The van der Waals surface area contributed by atoms with Crippen LogP contribution in [0.2, 0.25) is 5.02 Å². The van der Waals surface area contributed by atoms with Crippen LogP contribution in [0.1, 0.15) is 16.2 Å². The Morgan fingerprint density at radius 1 is 1.23 bits per heavy atom. The molecule has 0 aliphatic carbocycles. The van der Waals surface area contributed by atoms with Gasteiger partial charge >= 0.3 is 0 Å². The quantitative estimate of drug-likeness (QED) is 0.581. The molecule has 0 bridgehead atoms. The van der Waals surface area contributed by atoms with Gasteiger partial charge in [0.2, 0.25) is 0 Å². The number of carbonyl (C=O) groups excluding carboxylic acids is 1. The highest BCUT2D eigenvalue weighted by Gasteiger charge is 2.17. The Balaban J connectivity index is 1.59. The zero-order valence-electron chi connectivity index (χ0n) is 13.2. The van der Waals surface area contributed by atoms with E-state index in [0.29, 0.717) is 11.5 Å². The second-order valence-corrected chi connectivity index (χ2v) is 6.58. The second-order valence-electron chi connectivity index (χ2n) is 5.40. The normalized spacial score (nSPS) is 11.0. The van der Waals surface area contributed by atoms with Crippen molar-refractivity contribution in [3.8, 4) is 11.3 Å². The maximum atomic E-state index is 13.8. The van der Waals surface area contributed by atoms with Crippen LogP contribution in [-0.4, -0.2) is 25.7 Å². The van der Waals surface area contributed by atoms with Gasteiger partial charge < -0.3 is 5.32 Å². The van der Waals surface area contributed by atoms with Crippen molar-refractivity contribution >= 4 is 34.5 Å². The summed E-state index contributed by atoms with van der Waals surface area (Å²) in [5.74, 6) is -0.879. The van der Waals surface area contributed by atoms with Crippen LogP contribution in [0.5, 0.6) is 0 Å². The van der Waals surface area contributed by atoms with Gasteiger partial charge in [-0.3, -0.25) is 4.79 Å². The molecule has 3 aromatic heterocycles. The van der Waals surface area contributed by atoms with E-state index in [2.05, 4.69) is 20.6 Å². The zero-order valence-corrected chi connectivity index (χ0v) is 14.8. The van der Waals surface area contributed by atoms with E-state index < -0.39 is 11.7 Å². The van der Waals surface area contributed by atoms with Crippen LogP contribution in [0.3, 0.4) is 0 Å². The summed E-state index contributed by atoms with van der Waals surface area (Å²) >= 11 is 7.49. The topological polar surface area (TPSA) is 72.2 Å². The first kappa shape index (κ1) is 16.6. The molecule has 0 spiro atoms. The molecule has 26 heavy (non-hydrogen) atoms. The Kier molecular flexibility index (Phi) is 4.36. The van der Waals surface area contributed by atoms with Crippen molar-refractivity contribution in [2.45, 2.75) is 6.54 Å². The minimum atomic E-state index is -0.682. The third kappa shape index (κ3) is 3.04. The average molecular weight is 388 g/mol. The number of aromatic nitrogens is 4. The molecule has 9 heteroatoms. The van der Waals surface area contributed by atoms with E-state index in [1.807, 2.05) is 22.9 Å². The average Bonchev–Trinajstić information content (AvgIpc) is 3.29. The fraction of sp³-hybridized carbons (Fsp3) is 0.0588. The molecule has 0 saturated carbocycles. The molecule has 0 aliphatic heterocycles. The minimum Gasteiger partial charge on any atom is -0.345 e. The van der Waals surface area contributed by atoms with Crippen LogP contribution in [0, 0.1) is 5.82 Å². The minimum absolute atomic E-state index is 0.0325. The number of nitrogens with zero attached hydrogens (tertiary/aromatic N) is 4. The monoisotopic (exact) mass is 387 g/mol. The Hall–Kier alpha value is -2.84. The number of benzene rings is 1. The molecule has 4 rings (SSSR count). The first-order valence-electron chi connectivity index (χ1n) is 7.59. The number of thiophene rings is 1. The van der Waals surface area contributed by atoms with Crippen molar-refractivity contribution in [2.75, 3.05) is 0 Å². The Labute approximate surface area is 156 Å². The van der Waals surface area contributed by atoms with E-state index in [4.69, 9.17) is 11.6 Å². The number of carbonyl (C=O) groups is 1. The number of hydrogen-bond acceptors (Lipinski definition) is 5. The summed E-state index contributed by atoms with van der Waals surface area (Å²) in [5, 5.41) is 19.2. The van der Waals surface area contributed by atoms with E-state index in [9.17, 15) is 9.18 Å². The highest BCUT2D eigenvalue weighted by molar-refractivity contribution is 7.08. The predicted molar refractivity (Wildman–Crippen MR) is 96.7 cm³/mol. The largest absolute Gasteiger partial charge is 0.345 e. The molecule has 1 N–H and O–H groups in total. The third-order valence-corrected chi connectivity index (χ3v) is 4.74. The fourth-order valence-corrected chi connectivity index (χ4v) is 3.37. The van der Waals surface area contributed by atoms with Crippen molar-refractivity contribution in [1.29, 1.82) is 0 Å². The van der Waals surface area contributed by atoms with Crippen molar-refractivity contribution < 1.29 is 9.18 Å². The molecule has 0 fully saturated rings. The van der Waals surface area contributed by atoms with Gasteiger partial charge in [0.15, 0.2) is 11.5 Å². The molecule has 0 aliphatic rings. The first-order chi connectivity index (χ1) is 12.6. The molecular formula is C17H11ClFN5OS. The Morgan fingerprint density at radius 2 is 2.12 bits per heavy atom. The molecule has 0 unspecified atom stereocenters. The van der Waals surface area contributed by atoms with Gasteiger partial charge in [0.05, 0.1) is 22.8 Å². The second kappa shape index (κ2) is 6.81. The molecule has 1 amide bonds. The summed E-state index contributed by atoms with van der Waals surface area (Å²) < 4.78 is 15.4. The summed E-state index contributed by atoms with van der Waals surface area (Å²) in [5.41, 5.74) is 2.11. The summed E-state index contributed by atoms with van der Waals surface area (Å²) in [6, 6.07) is 9.70. The van der Waals surface area contributed by atoms with Gasteiger partial charge in [-0.1, -0.05) is 17.7 Å². The first-order valence-corrected chi connectivity index (χ1v) is 8.91. The maximum absolute atomic E-state index is 13.8. The van der Waals surface area contributed by atoms with Crippen molar-refractivity contribution in [1.82, 2.24) is 25.1 Å². The number of fused-ring (bicyclic) bond motifs is 1. The summed E-state index contributed by atoms with van der Waals surface area (Å²) in [6.07, 6.45) is 0.